The highest BCUT2D eigenvalue weighted by Gasteiger charge is 2.22. The van der Waals surface area contributed by atoms with Crippen molar-refractivity contribution in [2.75, 3.05) is 18.0 Å². The summed E-state index contributed by atoms with van der Waals surface area (Å²) in [4.78, 5) is 10.8. The van der Waals surface area contributed by atoms with Crippen LogP contribution >= 0.6 is 0 Å². The van der Waals surface area contributed by atoms with Crippen LogP contribution in [-0.4, -0.2) is 34.3 Å². The van der Waals surface area contributed by atoms with Crippen LogP contribution in [0, 0.1) is 32.1 Å². The summed E-state index contributed by atoms with van der Waals surface area (Å²) in [5.74, 6) is 1.64. The summed E-state index contributed by atoms with van der Waals surface area (Å²) in [6, 6.07) is 12.6. The number of hydrogen-bond donors (Lipinski definition) is 2. The monoisotopic (exact) mass is 442 g/mol. The van der Waals surface area contributed by atoms with Gasteiger partial charge in [0, 0.05) is 30.3 Å². The molecular formula is C26H30N6O. The molecule has 0 atom stereocenters. The van der Waals surface area contributed by atoms with Crippen molar-refractivity contribution in [2.45, 2.75) is 47.1 Å². The van der Waals surface area contributed by atoms with Gasteiger partial charge in [-0.1, -0.05) is 24.7 Å². The third-order valence-corrected chi connectivity index (χ3v) is 6.48. The maximum atomic E-state index is 9.57. The smallest absolute Gasteiger partial charge is 0.203 e. The lowest BCUT2D eigenvalue weighted by Crippen LogP contribution is -2.40. The molecule has 0 saturated carbocycles. The molecule has 3 heterocycles. The second-order valence-corrected chi connectivity index (χ2v) is 8.59. The zero-order valence-electron chi connectivity index (χ0n) is 18.6. The van der Waals surface area contributed by atoms with Crippen LogP contribution < -0.4 is 10.6 Å². The highest BCUT2D eigenvalue weighted by Crippen LogP contribution is 2.38. The molecule has 33 heavy (non-hydrogen) atoms. The van der Waals surface area contributed by atoms with Crippen LogP contribution in [0.25, 0.3) is 33.3 Å². The van der Waals surface area contributed by atoms with Crippen LogP contribution in [0.2, 0.25) is 0 Å². The highest BCUT2D eigenvalue weighted by atomic mass is 16.5. The molecule has 7 nitrogen and oxygen atoms in total. The van der Waals surface area contributed by atoms with E-state index in [1.54, 1.807) is 0 Å². The first-order valence-corrected chi connectivity index (χ1v) is 10.9. The fourth-order valence-corrected chi connectivity index (χ4v) is 4.66. The minimum absolute atomic E-state index is 0. The van der Waals surface area contributed by atoms with Crippen LogP contribution in [0.4, 0.5) is 5.95 Å². The number of hydrogen-bond acceptors (Lipinski definition) is 6. The molecule has 0 unspecified atom stereocenters. The van der Waals surface area contributed by atoms with Gasteiger partial charge in [-0.15, -0.1) is 0 Å². The Morgan fingerprint density at radius 2 is 1.91 bits per heavy atom. The predicted molar refractivity (Wildman–Crippen MR) is 132 cm³/mol. The normalized spacial score (nSPS) is 14.3. The lowest BCUT2D eigenvalue weighted by molar-refractivity contribution is 0.393. The molecule has 1 fully saturated rings. The number of piperidine rings is 1. The summed E-state index contributed by atoms with van der Waals surface area (Å²) in [7, 11) is 0. The standard InChI is InChI=1S/C25H26N6O.CH4/c1-14-17(13-26)5-4-6-20(14)21-11-18(23-15(2)30-32-16(23)3)12-22-24(21)29-25(28-22)31-9-7-19(27)8-10-31;/h4-6,11-12,19H,7-10,27H2,1-3H3,(H,28,29);1H4. The van der Waals surface area contributed by atoms with Crippen LogP contribution in [0.1, 0.15) is 42.8 Å². The van der Waals surface area contributed by atoms with E-state index in [0.29, 0.717) is 5.56 Å². The van der Waals surface area contributed by atoms with E-state index in [1.807, 2.05) is 32.9 Å². The highest BCUT2D eigenvalue weighted by molar-refractivity contribution is 5.98. The summed E-state index contributed by atoms with van der Waals surface area (Å²) in [5.41, 5.74) is 14.4. The number of fused-ring (bicyclic) bond motifs is 1. The number of anilines is 1. The van der Waals surface area contributed by atoms with Crippen molar-refractivity contribution in [3.63, 3.8) is 0 Å². The maximum Gasteiger partial charge on any atom is 0.203 e. The van der Waals surface area contributed by atoms with E-state index in [2.05, 4.69) is 39.3 Å². The minimum Gasteiger partial charge on any atom is -0.361 e. The summed E-state index contributed by atoms with van der Waals surface area (Å²) in [5, 5.41) is 13.7. The number of aromatic amines is 1. The van der Waals surface area contributed by atoms with Gasteiger partial charge in [0.15, 0.2) is 0 Å². The quantitative estimate of drug-likeness (QED) is 0.449. The van der Waals surface area contributed by atoms with Crippen molar-refractivity contribution in [2.24, 2.45) is 5.73 Å². The Hall–Kier alpha value is -3.63. The molecule has 3 N–H and O–H groups in total. The van der Waals surface area contributed by atoms with Gasteiger partial charge in [-0.2, -0.15) is 5.26 Å². The minimum atomic E-state index is 0. The predicted octanol–water partition coefficient (Wildman–Crippen LogP) is 5.25. The molecule has 1 aliphatic rings. The van der Waals surface area contributed by atoms with Crippen molar-refractivity contribution >= 4 is 17.0 Å². The van der Waals surface area contributed by atoms with E-state index >= 15 is 0 Å². The number of H-pyrrole nitrogens is 1. The zero-order valence-corrected chi connectivity index (χ0v) is 18.6. The van der Waals surface area contributed by atoms with Crippen molar-refractivity contribution in [1.82, 2.24) is 15.1 Å². The average molecular weight is 443 g/mol. The Bertz CT molecular complexity index is 1330. The number of aryl methyl sites for hydroxylation is 2. The first-order valence-electron chi connectivity index (χ1n) is 10.9. The molecule has 170 valence electrons. The van der Waals surface area contributed by atoms with E-state index in [4.69, 9.17) is 15.2 Å². The Labute approximate surface area is 194 Å². The Balaban J connectivity index is 0.00000259. The van der Waals surface area contributed by atoms with E-state index in [0.717, 1.165) is 82.2 Å². The van der Waals surface area contributed by atoms with Crippen LogP contribution in [-0.2, 0) is 0 Å². The van der Waals surface area contributed by atoms with Gasteiger partial charge >= 0.3 is 0 Å². The average Bonchev–Trinajstić information content (AvgIpc) is 3.36. The SMILES string of the molecule is C.Cc1noc(C)c1-c1cc(-c2cccc(C#N)c2C)c2nc(N3CCC(N)CC3)[nH]c2c1. The molecule has 0 amide bonds. The lowest BCUT2D eigenvalue weighted by atomic mass is 9.92. The van der Waals surface area contributed by atoms with Gasteiger partial charge in [0.25, 0.3) is 0 Å². The van der Waals surface area contributed by atoms with Crippen molar-refractivity contribution in [3.8, 4) is 28.3 Å². The Morgan fingerprint density at radius 3 is 2.58 bits per heavy atom. The topological polar surface area (TPSA) is 108 Å². The van der Waals surface area contributed by atoms with E-state index in [9.17, 15) is 5.26 Å². The molecule has 1 aliphatic heterocycles. The van der Waals surface area contributed by atoms with Gasteiger partial charge in [-0.25, -0.2) is 4.98 Å². The van der Waals surface area contributed by atoms with Gasteiger partial charge in [-0.05, 0) is 68.5 Å². The second-order valence-electron chi connectivity index (χ2n) is 8.59. The van der Waals surface area contributed by atoms with Crippen molar-refractivity contribution < 1.29 is 4.52 Å². The number of nitrogens with one attached hydrogen (secondary N) is 1. The van der Waals surface area contributed by atoms with E-state index < -0.39 is 0 Å². The molecule has 2 aromatic carbocycles. The number of nitrogens with zero attached hydrogens (tertiary/aromatic N) is 4. The van der Waals surface area contributed by atoms with Gasteiger partial charge in [0.2, 0.25) is 5.95 Å². The molecule has 0 radical (unpaired) electrons. The summed E-state index contributed by atoms with van der Waals surface area (Å²) in [6.45, 7) is 7.64. The molecule has 2 aromatic heterocycles. The van der Waals surface area contributed by atoms with E-state index in [-0.39, 0.29) is 13.5 Å². The number of nitrogens with two attached hydrogens (primary N) is 1. The zero-order chi connectivity index (χ0) is 22.4. The molecule has 0 spiro atoms. The molecule has 7 heteroatoms. The fraction of sp³-hybridized carbons (Fsp3) is 0.346. The number of nitriles is 1. The molecule has 5 rings (SSSR count). The van der Waals surface area contributed by atoms with Gasteiger partial charge < -0.3 is 20.1 Å². The summed E-state index contributed by atoms with van der Waals surface area (Å²) >= 11 is 0. The molecule has 4 aromatic rings. The van der Waals surface area contributed by atoms with E-state index in [1.165, 1.54) is 0 Å². The Kier molecular flexibility index (Phi) is 5.96. The van der Waals surface area contributed by atoms with Gasteiger partial charge in [0.05, 0.1) is 28.4 Å². The molecule has 0 bridgehead atoms. The number of rotatable bonds is 3. The fourth-order valence-electron chi connectivity index (χ4n) is 4.66. The first-order chi connectivity index (χ1) is 15.5. The van der Waals surface area contributed by atoms with Crippen LogP contribution in [0.5, 0.6) is 0 Å². The Morgan fingerprint density at radius 1 is 1.15 bits per heavy atom. The third-order valence-electron chi connectivity index (χ3n) is 6.48. The first kappa shape index (κ1) is 22.6. The molecule has 1 saturated heterocycles. The van der Waals surface area contributed by atoms with Crippen molar-refractivity contribution in [1.29, 1.82) is 5.26 Å². The van der Waals surface area contributed by atoms with Crippen LogP contribution in [0.3, 0.4) is 0 Å². The lowest BCUT2D eigenvalue weighted by Gasteiger charge is -2.29. The largest absolute Gasteiger partial charge is 0.361 e. The molecule has 0 aliphatic carbocycles. The second kappa shape index (κ2) is 8.72. The number of benzene rings is 2. The summed E-state index contributed by atoms with van der Waals surface area (Å²) < 4.78 is 5.44. The third kappa shape index (κ3) is 3.87. The number of aromatic nitrogens is 3. The molecular weight excluding hydrogens is 412 g/mol. The van der Waals surface area contributed by atoms with Gasteiger partial charge in [0.1, 0.15) is 5.76 Å². The van der Waals surface area contributed by atoms with Gasteiger partial charge in [-0.3, -0.25) is 0 Å². The number of imidazole rings is 1. The summed E-state index contributed by atoms with van der Waals surface area (Å²) in [6.07, 6.45) is 1.91. The van der Waals surface area contributed by atoms with Crippen molar-refractivity contribution in [3.05, 3.63) is 52.9 Å². The van der Waals surface area contributed by atoms with Crippen LogP contribution in [0.15, 0.2) is 34.9 Å². The maximum absolute atomic E-state index is 9.57.